The number of anilines is 1. The molecule has 3 heteroatoms. The summed E-state index contributed by atoms with van der Waals surface area (Å²) in [6, 6.07) is 26.2. The molecular formula is C22H21NOS. The van der Waals surface area contributed by atoms with Gasteiger partial charge in [-0.05, 0) is 29.5 Å². The molecule has 3 rings (SSSR count). The number of likely N-dealkylation sites (N-methyl/N-ethyl adjacent to an activating group) is 1. The average molecular weight is 347 g/mol. The molecule has 0 unspecified atom stereocenters. The van der Waals surface area contributed by atoms with Crippen molar-refractivity contribution in [1.82, 2.24) is 0 Å². The van der Waals surface area contributed by atoms with Gasteiger partial charge in [0.2, 0.25) is 0 Å². The highest BCUT2D eigenvalue weighted by Crippen LogP contribution is 2.27. The van der Waals surface area contributed by atoms with Gasteiger partial charge in [-0.1, -0.05) is 66.7 Å². The highest BCUT2D eigenvalue weighted by Gasteiger charge is 2.12. The normalized spacial score (nSPS) is 10.5. The van der Waals surface area contributed by atoms with E-state index >= 15 is 0 Å². The Kier molecular flexibility index (Phi) is 5.56. The van der Waals surface area contributed by atoms with Crippen LogP contribution in [0.25, 0.3) is 11.1 Å². The average Bonchev–Trinajstić information content (AvgIpc) is 2.68. The number of Topliss-reactive ketones (excluding diaryl/α,β-unsaturated/α-hetero) is 1. The van der Waals surface area contributed by atoms with E-state index in [9.17, 15) is 4.79 Å². The molecule has 126 valence electrons. The van der Waals surface area contributed by atoms with Gasteiger partial charge in [0.05, 0.1) is 12.2 Å². The molecule has 0 amide bonds. The van der Waals surface area contributed by atoms with Gasteiger partial charge in [-0.15, -0.1) is 11.8 Å². The summed E-state index contributed by atoms with van der Waals surface area (Å²) in [6.07, 6.45) is 2.05. The van der Waals surface area contributed by atoms with Gasteiger partial charge in [0, 0.05) is 17.5 Å². The third-order valence-electron chi connectivity index (χ3n) is 4.19. The van der Waals surface area contributed by atoms with E-state index in [0.717, 1.165) is 22.4 Å². The number of hydrogen-bond donors (Lipinski definition) is 0. The second-order valence-electron chi connectivity index (χ2n) is 5.89. The number of carbonyl (C=O) groups is 1. The third kappa shape index (κ3) is 4.12. The number of ketones is 1. The van der Waals surface area contributed by atoms with Crippen molar-refractivity contribution in [3.05, 3.63) is 84.4 Å². The summed E-state index contributed by atoms with van der Waals surface area (Å²) in [5, 5.41) is 0. The number of thioether (sulfide) groups is 1. The zero-order valence-corrected chi connectivity index (χ0v) is 15.3. The van der Waals surface area contributed by atoms with E-state index in [1.54, 1.807) is 11.8 Å². The minimum absolute atomic E-state index is 0.123. The van der Waals surface area contributed by atoms with E-state index in [0.29, 0.717) is 6.54 Å². The van der Waals surface area contributed by atoms with E-state index < -0.39 is 0 Å². The fraction of sp³-hybridized carbons (Fsp3) is 0.136. The molecule has 0 radical (unpaired) electrons. The van der Waals surface area contributed by atoms with Crippen molar-refractivity contribution in [2.75, 3.05) is 24.7 Å². The Morgan fingerprint density at radius 1 is 0.840 bits per heavy atom. The van der Waals surface area contributed by atoms with E-state index in [1.165, 1.54) is 4.90 Å². The van der Waals surface area contributed by atoms with Crippen molar-refractivity contribution in [2.45, 2.75) is 4.90 Å². The van der Waals surface area contributed by atoms with Crippen LogP contribution in [0.5, 0.6) is 0 Å². The topological polar surface area (TPSA) is 20.3 Å². The SMILES string of the molecule is CSc1ccccc1N(C)CC(=O)c1ccc(-c2ccccc2)cc1. The first-order chi connectivity index (χ1) is 12.2. The minimum Gasteiger partial charge on any atom is -0.366 e. The Labute approximate surface area is 153 Å². The number of hydrogen-bond acceptors (Lipinski definition) is 3. The maximum absolute atomic E-state index is 12.6. The predicted molar refractivity (Wildman–Crippen MR) is 108 cm³/mol. The van der Waals surface area contributed by atoms with Gasteiger partial charge in [0.25, 0.3) is 0 Å². The maximum atomic E-state index is 12.6. The van der Waals surface area contributed by atoms with Gasteiger partial charge in [-0.2, -0.15) is 0 Å². The van der Waals surface area contributed by atoms with Crippen molar-refractivity contribution >= 4 is 23.2 Å². The van der Waals surface area contributed by atoms with Crippen molar-refractivity contribution in [3.8, 4) is 11.1 Å². The lowest BCUT2D eigenvalue weighted by atomic mass is 10.0. The van der Waals surface area contributed by atoms with Crippen LogP contribution in [-0.4, -0.2) is 25.6 Å². The third-order valence-corrected chi connectivity index (χ3v) is 4.98. The van der Waals surface area contributed by atoms with Crippen molar-refractivity contribution < 1.29 is 4.79 Å². The summed E-state index contributed by atoms with van der Waals surface area (Å²) in [5.41, 5.74) is 4.11. The molecule has 0 aliphatic carbocycles. The Bertz CT molecular complexity index is 843. The molecule has 0 saturated carbocycles. The van der Waals surface area contributed by atoms with Crippen LogP contribution in [0.3, 0.4) is 0 Å². The number of benzene rings is 3. The minimum atomic E-state index is 0.123. The largest absolute Gasteiger partial charge is 0.366 e. The Morgan fingerprint density at radius 2 is 1.44 bits per heavy atom. The number of carbonyl (C=O) groups excluding carboxylic acids is 1. The van der Waals surface area contributed by atoms with Crippen LogP contribution in [0, 0.1) is 0 Å². The van der Waals surface area contributed by atoms with Crippen LogP contribution in [0.15, 0.2) is 83.8 Å². The first-order valence-corrected chi connectivity index (χ1v) is 9.44. The molecule has 0 aliphatic heterocycles. The summed E-state index contributed by atoms with van der Waals surface area (Å²) in [5.74, 6) is 0.123. The molecule has 0 N–H and O–H groups in total. The molecule has 25 heavy (non-hydrogen) atoms. The van der Waals surface area contributed by atoms with Gasteiger partial charge >= 0.3 is 0 Å². The fourth-order valence-electron chi connectivity index (χ4n) is 2.82. The van der Waals surface area contributed by atoms with Gasteiger partial charge in [0.1, 0.15) is 0 Å². The number of para-hydroxylation sites is 1. The molecule has 3 aromatic carbocycles. The van der Waals surface area contributed by atoms with Crippen molar-refractivity contribution in [1.29, 1.82) is 0 Å². The molecule has 0 fully saturated rings. The number of nitrogens with zero attached hydrogens (tertiary/aromatic N) is 1. The summed E-state index contributed by atoms with van der Waals surface area (Å²) in [4.78, 5) is 15.8. The van der Waals surface area contributed by atoms with Crippen LogP contribution >= 0.6 is 11.8 Å². The monoisotopic (exact) mass is 347 g/mol. The van der Waals surface area contributed by atoms with E-state index in [2.05, 4.69) is 30.5 Å². The van der Waals surface area contributed by atoms with E-state index in [1.807, 2.05) is 66.5 Å². The lowest BCUT2D eigenvalue weighted by molar-refractivity contribution is 0.100. The fourth-order valence-corrected chi connectivity index (χ4v) is 3.46. The highest BCUT2D eigenvalue weighted by atomic mass is 32.2. The summed E-state index contributed by atoms with van der Waals surface area (Å²) in [6.45, 7) is 0.363. The van der Waals surface area contributed by atoms with Gasteiger partial charge < -0.3 is 4.90 Å². The van der Waals surface area contributed by atoms with Gasteiger partial charge in [-0.25, -0.2) is 0 Å². The molecular weight excluding hydrogens is 326 g/mol. The second-order valence-corrected chi connectivity index (χ2v) is 6.74. The van der Waals surface area contributed by atoms with E-state index in [4.69, 9.17) is 0 Å². The molecule has 0 saturated heterocycles. The van der Waals surface area contributed by atoms with Crippen LogP contribution in [0.2, 0.25) is 0 Å². The van der Waals surface area contributed by atoms with Crippen molar-refractivity contribution in [2.24, 2.45) is 0 Å². The van der Waals surface area contributed by atoms with Gasteiger partial charge in [-0.3, -0.25) is 4.79 Å². The molecule has 0 aromatic heterocycles. The summed E-state index contributed by atoms with van der Waals surface area (Å²) < 4.78 is 0. The molecule has 0 bridgehead atoms. The lowest BCUT2D eigenvalue weighted by Crippen LogP contribution is -2.26. The maximum Gasteiger partial charge on any atom is 0.182 e. The molecule has 0 heterocycles. The molecule has 0 atom stereocenters. The molecule has 2 nitrogen and oxygen atoms in total. The summed E-state index contributed by atoms with van der Waals surface area (Å²) >= 11 is 1.69. The van der Waals surface area contributed by atoms with Crippen LogP contribution < -0.4 is 4.90 Å². The molecule has 0 aliphatic rings. The zero-order valence-electron chi connectivity index (χ0n) is 14.5. The smallest absolute Gasteiger partial charge is 0.182 e. The molecule has 3 aromatic rings. The standard InChI is InChI=1S/C22H21NOS/c1-23(20-10-6-7-11-22(20)25-2)16-21(24)19-14-12-18(13-15-19)17-8-4-3-5-9-17/h3-15H,16H2,1-2H3. The first kappa shape index (κ1) is 17.3. The van der Waals surface area contributed by atoms with Crippen LogP contribution in [-0.2, 0) is 0 Å². The summed E-state index contributed by atoms with van der Waals surface area (Å²) in [7, 11) is 1.96. The van der Waals surface area contributed by atoms with Crippen LogP contribution in [0.4, 0.5) is 5.69 Å². The number of rotatable bonds is 6. The van der Waals surface area contributed by atoms with Crippen LogP contribution in [0.1, 0.15) is 10.4 Å². The quantitative estimate of drug-likeness (QED) is 0.440. The zero-order chi connectivity index (χ0) is 17.6. The predicted octanol–water partition coefficient (Wildman–Crippen LogP) is 5.39. The second kappa shape index (κ2) is 8.04. The Morgan fingerprint density at radius 3 is 2.12 bits per heavy atom. The van der Waals surface area contributed by atoms with Gasteiger partial charge in [0.15, 0.2) is 5.78 Å². The molecule has 0 spiro atoms. The Hall–Kier alpha value is -2.52. The van der Waals surface area contributed by atoms with Crippen molar-refractivity contribution in [3.63, 3.8) is 0 Å². The first-order valence-electron chi connectivity index (χ1n) is 8.22. The lowest BCUT2D eigenvalue weighted by Gasteiger charge is -2.21. The highest BCUT2D eigenvalue weighted by molar-refractivity contribution is 7.98. The Balaban J connectivity index is 1.73. The van der Waals surface area contributed by atoms with E-state index in [-0.39, 0.29) is 5.78 Å².